The molecular weight excluding hydrogens is 207 g/mol. The summed E-state index contributed by atoms with van der Waals surface area (Å²) in [7, 11) is 0. The Morgan fingerprint density at radius 1 is 1.53 bits per heavy atom. The largest absolute Gasteiger partial charge is 0.389 e. The predicted octanol–water partition coefficient (Wildman–Crippen LogP) is 2.25. The van der Waals surface area contributed by atoms with Crippen LogP contribution in [0.2, 0.25) is 0 Å². The van der Waals surface area contributed by atoms with Gasteiger partial charge in [0.25, 0.3) is 0 Å². The summed E-state index contributed by atoms with van der Waals surface area (Å²) in [5.74, 6) is 0. The van der Waals surface area contributed by atoms with E-state index in [1.165, 1.54) is 4.68 Å². The van der Waals surface area contributed by atoms with E-state index in [4.69, 9.17) is 5.73 Å². The van der Waals surface area contributed by atoms with Crippen molar-refractivity contribution < 1.29 is 13.2 Å². The SMILES string of the molecule is CC(N)c1cnn(CCCC(F)(F)F)c1. The fourth-order valence-corrected chi connectivity index (χ4v) is 1.18. The van der Waals surface area contributed by atoms with Crippen LogP contribution in [0.1, 0.15) is 31.4 Å². The number of nitrogens with two attached hydrogens (primary N) is 1. The fraction of sp³-hybridized carbons (Fsp3) is 0.667. The number of hydrogen-bond donors (Lipinski definition) is 1. The Balaban J connectivity index is 2.38. The Morgan fingerprint density at radius 3 is 2.67 bits per heavy atom. The van der Waals surface area contributed by atoms with Crippen molar-refractivity contribution in [1.29, 1.82) is 0 Å². The summed E-state index contributed by atoms with van der Waals surface area (Å²) in [5, 5.41) is 3.93. The van der Waals surface area contributed by atoms with E-state index in [1.54, 1.807) is 19.3 Å². The molecular formula is C9H14F3N3. The monoisotopic (exact) mass is 221 g/mol. The molecule has 1 unspecified atom stereocenters. The van der Waals surface area contributed by atoms with Crippen molar-refractivity contribution in [3.63, 3.8) is 0 Å². The maximum atomic E-state index is 11.8. The second-order valence-electron chi connectivity index (χ2n) is 3.54. The first-order valence-corrected chi connectivity index (χ1v) is 4.73. The molecule has 0 aliphatic rings. The van der Waals surface area contributed by atoms with E-state index >= 15 is 0 Å². The highest BCUT2D eigenvalue weighted by molar-refractivity contribution is 5.07. The molecule has 15 heavy (non-hydrogen) atoms. The minimum Gasteiger partial charge on any atom is -0.324 e. The zero-order valence-electron chi connectivity index (χ0n) is 8.46. The first-order chi connectivity index (χ1) is 6.88. The topological polar surface area (TPSA) is 43.8 Å². The molecule has 6 heteroatoms. The van der Waals surface area contributed by atoms with E-state index in [-0.39, 0.29) is 19.0 Å². The van der Waals surface area contributed by atoms with Crippen LogP contribution in [0.3, 0.4) is 0 Å². The van der Waals surface area contributed by atoms with Crippen LogP contribution in [0.25, 0.3) is 0 Å². The van der Waals surface area contributed by atoms with Crippen molar-refractivity contribution in [2.24, 2.45) is 5.73 Å². The van der Waals surface area contributed by atoms with E-state index in [0.717, 1.165) is 5.56 Å². The van der Waals surface area contributed by atoms with Gasteiger partial charge in [0.2, 0.25) is 0 Å². The highest BCUT2D eigenvalue weighted by Gasteiger charge is 2.26. The lowest BCUT2D eigenvalue weighted by molar-refractivity contribution is -0.136. The molecule has 3 nitrogen and oxygen atoms in total. The first-order valence-electron chi connectivity index (χ1n) is 4.73. The number of aryl methyl sites for hydroxylation is 1. The van der Waals surface area contributed by atoms with Crippen molar-refractivity contribution in [3.05, 3.63) is 18.0 Å². The lowest BCUT2D eigenvalue weighted by Gasteiger charge is -2.05. The van der Waals surface area contributed by atoms with E-state index in [9.17, 15) is 13.2 Å². The first kappa shape index (κ1) is 12.0. The lowest BCUT2D eigenvalue weighted by Crippen LogP contribution is -2.09. The van der Waals surface area contributed by atoms with Crippen molar-refractivity contribution in [3.8, 4) is 0 Å². The van der Waals surface area contributed by atoms with Crippen LogP contribution in [0.5, 0.6) is 0 Å². The molecule has 1 aromatic heterocycles. The molecule has 0 saturated carbocycles. The fourth-order valence-electron chi connectivity index (χ4n) is 1.18. The van der Waals surface area contributed by atoms with E-state index < -0.39 is 12.6 Å². The molecule has 1 atom stereocenters. The number of rotatable bonds is 4. The van der Waals surface area contributed by atoms with Gasteiger partial charge in [0, 0.05) is 30.8 Å². The average Bonchev–Trinajstić information content (AvgIpc) is 2.50. The normalized spacial score (nSPS) is 14.2. The van der Waals surface area contributed by atoms with Gasteiger partial charge in [-0.2, -0.15) is 18.3 Å². The van der Waals surface area contributed by atoms with E-state index in [1.807, 2.05) is 0 Å². The minimum absolute atomic E-state index is 0.0452. The van der Waals surface area contributed by atoms with Gasteiger partial charge in [0.1, 0.15) is 0 Å². The van der Waals surface area contributed by atoms with Gasteiger partial charge >= 0.3 is 6.18 Å². The molecule has 1 heterocycles. The van der Waals surface area contributed by atoms with Crippen molar-refractivity contribution in [2.45, 2.75) is 38.5 Å². The van der Waals surface area contributed by atoms with Gasteiger partial charge in [0.05, 0.1) is 6.20 Å². The molecule has 0 radical (unpaired) electrons. The second-order valence-corrected chi connectivity index (χ2v) is 3.54. The molecule has 0 saturated heterocycles. The Labute approximate surface area is 86.1 Å². The highest BCUT2D eigenvalue weighted by Crippen LogP contribution is 2.21. The molecule has 2 N–H and O–H groups in total. The minimum atomic E-state index is -4.09. The number of hydrogen-bond acceptors (Lipinski definition) is 2. The van der Waals surface area contributed by atoms with Gasteiger partial charge in [-0.15, -0.1) is 0 Å². The Morgan fingerprint density at radius 2 is 2.20 bits per heavy atom. The number of nitrogens with zero attached hydrogens (tertiary/aromatic N) is 2. The van der Waals surface area contributed by atoms with Crippen LogP contribution in [-0.4, -0.2) is 16.0 Å². The summed E-state index contributed by atoms with van der Waals surface area (Å²) < 4.78 is 37.0. The predicted molar refractivity (Wildman–Crippen MR) is 50.1 cm³/mol. The van der Waals surface area contributed by atoms with Crippen LogP contribution >= 0.6 is 0 Å². The molecule has 0 bridgehead atoms. The van der Waals surface area contributed by atoms with Gasteiger partial charge in [0.15, 0.2) is 0 Å². The smallest absolute Gasteiger partial charge is 0.324 e. The van der Waals surface area contributed by atoms with Crippen LogP contribution < -0.4 is 5.73 Å². The highest BCUT2D eigenvalue weighted by atomic mass is 19.4. The van der Waals surface area contributed by atoms with Crippen LogP contribution in [-0.2, 0) is 6.54 Å². The van der Waals surface area contributed by atoms with Crippen LogP contribution in [0.4, 0.5) is 13.2 Å². The van der Waals surface area contributed by atoms with Gasteiger partial charge in [-0.05, 0) is 13.3 Å². The van der Waals surface area contributed by atoms with Gasteiger partial charge in [-0.1, -0.05) is 0 Å². The molecule has 86 valence electrons. The van der Waals surface area contributed by atoms with Crippen molar-refractivity contribution in [1.82, 2.24) is 9.78 Å². The molecule has 0 fully saturated rings. The summed E-state index contributed by atoms with van der Waals surface area (Å²) in [6, 6.07) is -0.138. The average molecular weight is 221 g/mol. The van der Waals surface area contributed by atoms with Crippen molar-refractivity contribution in [2.75, 3.05) is 0 Å². The molecule has 0 aliphatic carbocycles. The third-order valence-corrected chi connectivity index (χ3v) is 2.03. The zero-order chi connectivity index (χ0) is 11.5. The molecule has 0 amide bonds. The van der Waals surface area contributed by atoms with Crippen molar-refractivity contribution >= 4 is 0 Å². The third-order valence-electron chi connectivity index (χ3n) is 2.03. The lowest BCUT2D eigenvalue weighted by atomic mass is 10.2. The summed E-state index contributed by atoms with van der Waals surface area (Å²) in [4.78, 5) is 0. The maximum absolute atomic E-state index is 11.8. The number of halogens is 3. The standard InChI is InChI=1S/C9H14F3N3/c1-7(13)8-5-14-15(6-8)4-2-3-9(10,11)12/h5-7H,2-4,13H2,1H3. The van der Waals surface area contributed by atoms with E-state index in [0.29, 0.717) is 0 Å². The quantitative estimate of drug-likeness (QED) is 0.847. The molecule has 0 aromatic carbocycles. The maximum Gasteiger partial charge on any atom is 0.389 e. The molecule has 1 rings (SSSR count). The van der Waals surface area contributed by atoms with Gasteiger partial charge in [-0.3, -0.25) is 4.68 Å². The van der Waals surface area contributed by atoms with Gasteiger partial charge in [-0.25, -0.2) is 0 Å². The third kappa shape index (κ3) is 4.33. The van der Waals surface area contributed by atoms with Crippen LogP contribution in [0.15, 0.2) is 12.4 Å². The molecule has 1 aromatic rings. The number of alkyl halides is 3. The summed E-state index contributed by atoms with van der Waals surface area (Å²) in [6.07, 6.45) is -1.56. The Hall–Kier alpha value is -1.04. The second kappa shape index (κ2) is 4.65. The van der Waals surface area contributed by atoms with Crippen LogP contribution in [0, 0.1) is 0 Å². The summed E-state index contributed by atoms with van der Waals surface area (Å²) in [5.41, 5.74) is 6.43. The number of aromatic nitrogens is 2. The molecule has 0 spiro atoms. The summed E-state index contributed by atoms with van der Waals surface area (Å²) >= 11 is 0. The Bertz CT molecular complexity index is 304. The molecule has 0 aliphatic heterocycles. The van der Waals surface area contributed by atoms with E-state index in [2.05, 4.69) is 5.10 Å². The Kier molecular flexibility index (Phi) is 3.73. The van der Waals surface area contributed by atoms with Gasteiger partial charge < -0.3 is 5.73 Å². The zero-order valence-corrected chi connectivity index (χ0v) is 8.46. The summed E-state index contributed by atoms with van der Waals surface area (Å²) in [6.45, 7) is 2.07.